The topological polar surface area (TPSA) is 63.6 Å². The summed E-state index contributed by atoms with van der Waals surface area (Å²) in [7, 11) is -1.18. The van der Waals surface area contributed by atoms with Gasteiger partial charge in [-0.15, -0.1) is 9.42 Å². The van der Waals surface area contributed by atoms with Gasteiger partial charge in [0.1, 0.15) is 0 Å². The number of benzene rings is 2. The number of carbonyl (C=O) groups is 1. The Kier molecular flexibility index (Phi) is 4.87. The van der Waals surface area contributed by atoms with E-state index in [4.69, 9.17) is 4.89 Å². The van der Waals surface area contributed by atoms with Crippen LogP contribution in [0.2, 0.25) is 0 Å². The van der Waals surface area contributed by atoms with Crippen LogP contribution < -0.4 is 0 Å². The van der Waals surface area contributed by atoms with Gasteiger partial charge >= 0.3 is 8.25 Å². The van der Waals surface area contributed by atoms with E-state index in [1.54, 1.807) is 0 Å². The second-order valence-electron chi connectivity index (χ2n) is 5.19. The molecular weight excluding hydrogens is 299 g/mol. The minimum absolute atomic E-state index is 0.161. The summed E-state index contributed by atoms with van der Waals surface area (Å²) in [5.41, 5.74) is 7.62. The zero-order valence-corrected chi connectivity index (χ0v) is 13.9. The Hall–Kier alpha value is -1.87. The molecule has 1 aromatic carbocycles. The molecule has 1 aromatic rings. The number of hydrogen-bond acceptors (Lipinski definition) is 3. The first-order valence-corrected chi connectivity index (χ1v) is 7.96. The van der Waals surface area contributed by atoms with Gasteiger partial charge in [-0.2, -0.15) is 0 Å². The molecule has 0 spiro atoms. The first-order valence-electron chi connectivity index (χ1n) is 6.83. The molecule has 0 radical (unpaired) electrons. The van der Waals surface area contributed by atoms with E-state index in [0.29, 0.717) is 0 Å². The highest BCUT2D eigenvalue weighted by molar-refractivity contribution is 7.32. The van der Waals surface area contributed by atoms with Crippen molar-refractivity contribution in [1.82, 2.24) is 0 Å². The molecule has 0 bridgehead atoms. The van der Waals surface area contributed by atoms with Gasteiger partial charge in [-0.05, 0) is 54.7 Å². The van der Waals surface area contributed by atoms with Crippen LogP contribution in [0.5, 0.6) is 0 Å². The summed E-state index contributed by atoms with van der Waals surface area (Å²) in [4.78, 5) is 20.0. The zero-order chi connectivity index (χ0) is 16.4. The molecule has 114 valence electrons. The van der Waals surface area contributed by atoms with Crippen molar-refractivity contribution in [2.75, 3.05) is 7.11 Å². The van der Waals surface area contributed by atoms with Crippen LogP contribution in [0, 0.1) is 20.8 Å². The lowest BCUT2D eigenvalue weighted by Crippen LogP contribution is -2.11. The van der Waals surface area contributed by atoms with Gasteiger partial charge in [-0.25, -0.2) is 0 Å². The predicted octanol–water partition coefficient (Wildman–Crippen LogP) is 4.11. The summed E-state index contributed by atoms with van der Waals surface area (Å²) in [6, 6.07) is 10.0. The van der Waals surface area contributed by atoms with Crippen molar-refractivity contribution < 1.29 is 18.8 Å². The fraction of sp³-hybridized carbons (Fsp3) is 0.235. The van der Waals surface area contributed by atoms with Gasteiger partial charge in [0, 0.05) is 15.7 Å². The van der Waals surface area contributed by atoms with Gasteiger partial charge in [0.15, 0.2) is 5.78 Å². The molecule has 3 rings (SSSR count). The van der Waals surface area contributed by atoms with Gasteiger partial charge in [0.05, 0.1) is 7.11 Å². The molecule has 0 saturated heterocycles. The highest BCUT2D eigenvalue weighted by atomic mass is 31.1. The normalized spacial score (nSPS) is 11.4. The van der Waals surface area contributed by atoms with Crippen LogP contribution in [0.3, 0.4) is 0 Å². The van der Waals surface area contributed by atoms with Crippen LogP contribution in [-0.2, 0) is 9.09 Å². The van der Waals surface area contributed by atoms with Crippen LogP contribution in [0.4, 0.5) is 0 Å². The SMILES string of the molecule is CO[P+](=O)O.Cc1ccc(C(=O)c2cc3ccc2-3)c(C)c1C. The molecule has 2 aliphatic carbocycles. The maximum atomic E-state index is 12.4. The van der Waals surface area contributed by atoms with Crippen LogP contribution in [-0.4, -0.2) is 17.8 Å². The number of carbonyl (C=O) groups excluding carboxylic acids is 1. The van der Waals surface area contributed by atoms with E-state index in [-0.39, 0.29) is 5.78 Å². The largest absolute Gasteiger partial charge is 0.694 e. The van der Waals surface area contributed by atoms with E-state index < -0.39 is 8.25 Å². The molecule has 2 aliphatic rings. The number of ketones is 1. The van der Waals surface area contributed by atoms with Crippen molar-refractivity contribution in [3.63, 3.8) is 0 Å². The number of aryl methyl sites for hydroxylation is 1. The number of fused-ring (bicyclic) bond motifs is 1. The van der Waals surface area contributed by atoms with Crippen molar-refractivity contribution in [1.29, 1.82) is 0 Å². The Morgan fingerprint density at radius 1 is 1.05 bits per heavy atom. The molecule has 5 heteroatoms. The number of rotatable bonds is 3. The summed E-state index contributed by atoms with van der Waals surface area (Å²) >= 11 is 0. The Balaban J connectivity index is 0.000000309. The van der Waals surface area contributed by atoms with Gasteiger partial charge < -0.3 is 0 Å². The maximum absolute atomic E-state index is 12.4. The standard InChI is InChI=1S/C16H14O.CH3O3P/c1-9-4-6-13(11(3)10(9)2)16(17)15-8-12-5-7-14(12)15;1-4-5(2)3/h4-8H,1-3H3;1H3/p+1. The highest BCUT2D eigenvalue weighted by Crippen LogP contribution is 2.38. The molecule has 0 amide bonds. The molecule has 0 saturated carbocycles. The van der Waals surface area contributed by atoms with E-state index in [0.717, 1.165) is 22.3 Å². The Morgan fingerprint density at radius 3 is 2.09 bits per heavy atom. The lowest BCUT2D eigenvalue weighted by molar-refractivity contribution is 0.103. The first kappa shape index (κ1) is 16.5. The van der Waals surface area contributed by atoms with Crippen LogP contribution in [0.25, 0.3) is 11.1 Å². The molecule has 0 aliphatic heterocycles. The molecule has 0 aromatic heterocycles. The van der Waals surface area contributed by atoms with Gasteiger partial charge in [0.2, 0.25) is 0 Å². The molecule has 0 fully saturated rings. The maximum Gasteiger partial charge on any atom is 0.694 e. The van der Waals surface area contributed by atoms with Crippen molar-refractivity contribution in [3.05, 3.63) is 58.1 Å². The smallest absolute Gasteiger partial charge is 0.289 e. The van der Waals surface area contributed by atoms with E-state index >= 15 is 0 Å². The van der Waals surface area contributed by atoms with Crippen molar-refractivity contribution in [2.45, 2.75) is 20.8 Å². The molecule has 0 heterocycles. The third-order valence-corrected chi connectivity index (χ3v) is 4.35. The second kappa shape index (κ2) is 6.49. The Morgan fingerprint density at radius 2 is 1.68 bits per heavy atom. The summed E-state index contributed by atoms with van der Waals surface area (Å²) in [6.45, 7) is 6.18. The lowest BCUT2D eigenvalue weighted by Gasteiger charge is -2.21. The van der Waals surface area contributed by atoms with E-state index in [1.807, 2.05) is 37.3 Å². The van der Waals surface area contributed by atoms with Gasteiger partial charge in [0.25, 0.3) is 0 Å². The predicted molar refractivity (Wildman–Crippen MR) is 86.4 cm³/mol. The summed E-state index contributed by atoms with van der Waals surface area (Å²) < 4.78 is 13.1. The van der Waals surface area contributed by atoms with Crippen molar-refractivity contribution in [2.24, 2.45) is 0 Å². The quantitative estimate of drug-likeness (QED) is 0.583. The minimum Gasteiger partial charge on any atom is -0.289 e. The van der Waals surface area contributed by atoms with Crippen LogP contribution in [0.15, 0.2) is 30.3 Å². The third kappa shape index (κ3) is 3.00. The molecular formula is C17H18O4P+. The van der Waals surface area contributed by atoms with Crippen molar-refractivity contribution >= 4 is 14.0 Å². The third-order valence-electron chi connectivity index (χ3n) is 4.03. The van der Waals surface area contributed by atoms with Gasteiger partial charge in [-0.1, -0.05) is 24.3 Å². The van der Waals surface area contributed by atoms with E-state index in [1.165, 1.54) is 23.8 Å². The summed E-state index contributed by atoms with van der Waals surface area (Å²) in [5, 5.41) is 0. The zero-order valence-electron chi connectivity index (χ0n) is 13.0. The summed E-state index contributed by atoms with van der Waals surface area (Å²) in [5.74, 6) is 0.161. The second-order valence-corrected chi connectivity index (χ2v) is 6.03. The van der Waals surface area contributed by atoms with Crippen LogP contribution in [0.1, 0.15) is 32.6 Å². The monoisotopic (exact) mass is 317 g/mol. The van der Waals surface area contributed by atoms with Gasteiger partial charge in [-0.3, -0.25) is 4.79 Å². The molecule has 1 atom stereocenters. The molecule has 4 nitrogen and oxygen atoms in total. The average Bonchev–Trinajstić information content (AvgIpc) is 2.47. The number of hydrogen-bond donors (Lipinski definition) is 1. The first-order chi connectivity index (χ1) is 10.4. The van der Waals surface area contributed by atoms with Crippen molar-refractivity contribution in [3.8, 4) is 11.1 Å². The highest BCUT2D eigenvalue weighted by Gasteiger charge is 2.24. The Labute approximate surface area is 130 Å². The fourth-order valence-electron chi connectivity index (χ4n) is 2.32. The average molecular weight is 317 g/mol. The van der Waals surface area contributed by atoms with Crippen LogP contribution >= 0.6 is 8.25 Å². The minimum atomic E-state index is -2.35. The summed E-state index contributed by atoms with van der Waals surface area (Å²) in [6.07, 6.45) is 0. The fourth-order valence-corrected chi connectivity index (χ4v) is 2.32. The molecule has 22 heavy (non-hydrogen) atoms. The van der Waals surface area contributed by atoms with E-state index in [9.17, 15) is 9.36 Å². The molecule has 1 unspecified atom stereocenters. The molecule has 1 N–H and O–H groups in total. The van der Waals surface area contributed by atoms with E-state index in [2.05, 4.69) is 18.4 Å². The lowest BCUT2D eigenvalue weighted by atomic mass is 9.81. The Bertz CT molecular complexity index is 765.